The minimum Gasteiger partial charge on any atom is -0.326 e. The van der Waals surface area contributed by atoms with Crippen LogP contribution in [0.1, 0.15) is 52.9 Å². The summed E-state index contributed by atoms with van der Waals surface area (Å²) >= 11 is 1.58. The molecule has 0 aliphatic heterocycles. The molecular weight excluding hydrogens is 320 g/mol. The Morgan fingerprint density at radius 2 is 1.88 bits per heavy atom. The molecule has 1 aromatic heterocycles. The van der Waals surface area contributed by atoms with Crippen molar-refractivity contribution < 1.29 is 9.59 Å². The molecule has 1 heterocycles. The monoisotopic (exact) mass is 344 g/mol. The van der Waals surface area contributed by atoms with E-state index in [9.17, 15) is 9.59 Å². The first-order valence-corrected chi connectivity index (χ1v) is 9.07. The van der Waals surface area contributed by atoms with Crippen LogP contribution in [0.2, 0.25) is 0 Å². The van der Waals surface area contributed by atoms with Crippen LogP contribution in [-0.4, -0.2) is 11.8 Å². The number of carbonyl (C=O) groups is 2. The van der Waals surface area contributed by atoms with E-state index in [1.54, 1.807) is 23.5 Å². The minimum atomic E-state index is -0.107. The van der Waals surface area contributed by atoms with Gasteiger partial charge in [0.1, 0.15) is 0 Å². The maximum absolute atomic E-state index is 12.5. The highest BCUT2D eigenvalue weighted by Gasteiger charge is 2.14. The number of carbonyl (C=O) groups excluding carboxylic acids is 2. The summed E-state index contributed by atoms with van der Waals surface area (Å²) in [5.74, 6) is -0.187. The quantitative estimate of drug-likeness (QED) is 0.792. The van der Waals surface area contributed by atoms with Crippen molar-refractivity contribution in [2.45, 2.75) is 47.0 Å². The average molecular weight is 344 g/mol. The zero-order valence-corrected chi connectivity index (χ0v) is 15.5. The molecule has 1 aromatic carbocycles. The zero-order chi connectivity index (χ0) is 17.7. The van der Waals surface area contributed by atoms with Crippen molar-refractivity contribution in [2.24, 2.45) is 0 Å². The van der Waals surface area contributed by atoms with Crippen LogP contribution in [0, 0.1) is 6.92 Å². The highest BCUT2D eigenvalue weighted by molar-refractivity contribution is 7.14. The molecule has 2 rings (SSSR count). The van der Waals surface area contributed by atoms with Gasteiger partial charge >= 0.3 is 0 Å². The van der Waals surface area contributed by atoms with E-state index in [1.165, 1.54) is 17.4 Å². The van der Waals surface area contributed by atoms with Gasteiger partial charge in [-0.25, -0.2) is 0 Å². The summed E-state index contributed by atoms with van der Waals surface area (Å²) in [6.45, 7) is 7.65. The van der Waals surface area contributed by atoms with Gasteiger partial charge in [0.05, 0.1) is 4.88 Å². The lowest BCUT2D eigenvalue weighted by atomic mass is 10.1. The Morgan fingerprint density at radius 3 is 2.46 bits per heavy atom. The van der Waals surface area contributed by atoms with Crippen LogP contribution in [-0.2, 0) is 17.6 Å². The second-order valence-electron chi connectivity index (χ2n) is 5.83. The Labute approximate surface area is 147 Å². The maximum Gasteiger partial charge on any atom is 0.265 e. The first-order valence-electron chi connectivity index (χ1n) is 8.25. The molecule has 24 heavy (non-hydrogen) atoms. The number of anilines is 2. The molecule has 0 saturated carbocycles. The third-order valence-electron chi connectivity index (χ3n) is 3.77. The maximum atomic E-state index is 12.5. The molecule has 128 valence electrons. The smallest absolute Gasteiger partial charge is 0.265 e. The Bertz CT molecular complexity index is 750. The fourth-order valence-electron chi connectivity index (χ4n) is 2.58. The predicted octanol–water partition coefficient (Wildman–Crippen LogP) is 4.78. The summed E-state index contributed by atoms with van der Waals surface area (Å²) < 4.78 is 0. The molecule has 0 unspecified atom stereocenters. The molecule has 0 saturated heterocycles. The van der Waals surface area contributed by atoms with Gasteiger partial charge in [-0.3, -0.25) is 9.59 Å². The molecule has 2 aromatic rings. The summed E-state index contributed by atoms with van der Waals surface area (Å²) in [7, 11) is 0. The molecule has 0 fully saturated rings. The van der Waals surface area contributed by atoms with Gasteiger partial charge in [-0.05, 0) is 55.2 Å². The molecular formula is C19H24N2O2S. The summed E-state index contributed by atoms with van der Waals surface area (Å²) in [6.07, 6.45) is 3.05. The van der Waals surface area contributed by atoms with Crippen molar-refractivity contribution in [2.75, 3.05) is 10.6 Å². The van der Waals surface area contributed by atoms with E-state index < -0.39 is 0 Å². The first kappa shape index (κ1) is 18.2. The second kappa shape index (κ2) is 8.11. The molecule has 0 atom stereocenters. The predicted molar refractivity (Wildman–Crippen MR) is 101 cm³/mol. The van der Waals surface area contributed by atoms with E-state index in [4.69, 9.17) is 0 Å². The van der Waals surface area contributed by atoms with Crippen LogP contribution < -0.4 is 10.6 Å². The molecule has 2 N–H and O–H groups in total. The Kier molecular flexibility index (Phi) is 6.15. The molecule has 5 heteroatoms. The summed E-state index contributed by atoms with van der Waals surface area (Å²) in [5, 5.41) is 5.71. The van der Waals surface area contributed by atoms with Gasteiger partial charge in [0, 0.05) is 23.2 Å². The summed E-state index contributed by atoms with van der Waals surface area (Å²) in [4.78, 5) is 25.7. The highest BCUT2D eigenvalue weighted by atomic mass is 32.1. The number of amides is 2. The van der Waals surface area contributed by atoms with Crippen molar-refractivity contribution in [3.05, 3.63) is 45.1 Å². The van der Waals surface area contributed by atoms with E-state index in [-0.39, 0.29) is 11.8 Å². The average Bonchev–Trinajstić information content (AvgIpc) is 2.93. The van der Waals surface area contributed by atoms with Gasteiger partial charge in [0.2, 0.25) is 5.91 Å². The van der Waals surface area contributed by atoms with Crippen molar-refractivity contribution in [1.82, 2.24) is 0 Å². The molecule has 2 amide bonds. The summed E-state index contributed by atoms with van der Waals surface area (Å²) in [6, 6.07) is 7.48. The van der Waals surface area contributed by atoms with Crippen LogP contribution in [0.5, 0.6) is 0 Å². The molecule has 0 aliphatic rings. The fraction of sp³-hybridized carbons (Fsp3) is 0.368. The van der Waals surface area contributed by atoms with Crippen LogP contribution in [0.15, 0.2) is 24.3 Å². The number of nitrogens with one attached hydrogen (secondary N) is 2. The zero-order valence-electron chi connectivity index (χ0n) is 14.7. The van der Waals surface area contributed by atoms with Gasteiger partial charge in [0.15, 0.2) is 0 Å². The number of thiophene rings is 1. The van der Waals surface area contributed by atoms with Crippen molar-refractivity contribution in [3.63, 3.8) is 0 Å². The molecule has 0 spiro atoms. The van der Waals surface area contributed by atoms with Crippen molar-refractivity contribution in [3.8, 4) is 0 Å². The molecule has 0 aliphatic carbocycles. The van der Waals surface area contributed by atoms with E-state index in [2.05, 4.69) is 24.5 Å². The van der Waals surface area contributed by atoms with Crippen LogP contribution in [0.25, 0.3) is 0 Å². The molecule has 0 radical (unpaired) electrons. The molecule has 0 bridgehead atoms. The number of rotatable bonds is 6. The second-order valence-corrected chi connectivity index (χ2v) is 6.96. The third kappa shape index (κ3) is 4.45. The Morgan fingerprint density at radius 1 is 1.12 bits per heavy atom. The standard InChI is InChI=1S/C19H24N2O2S/c1-5-7-17-14(6-2)11-18(24-17)19(23)21-15-8-9-16(12(3)10-15)20-13(4)22/h8-11H,5-7H2,1-4H3,(H,20,22)(H,21,23). The Hall–Kier alpha value is -2.14. The largest absolute Gasteiger partial charge is 0.326 e. The van der Waals surface area contributed by atoms with Crippen molar-refractivity contribution in [1.29, 1.82) is 0 Å². The lowest BCUT2D eigenvalue weighted by Gasteiger charge is -2.09. The fourth-order valence-corrected chi connectivity index (χ4v) is 3.83. The van der Waals surface area contributed by atoms with E-state index in [0.717, 1.165) is 41.1 Å². The third-order valence-corrected chi connectivity index (χ3v) is 5.01. The minimum absolute atomic E-state index is 0.0799. The van der Waals surface area contributed by atoms with Gasteiger partial charge in [-0.1, -0.05) is 20.3 Å². The lowest BCUT2D eigenvalue weighted by molar-refractivity contribution is -0.114. The van der Waals surface area contributed by atoms with Gasteiger partial charge in [-0.2, -0.15) is 0 Å². The van der Waals surface area contributed by atoms with Gasteiger partial charge in [0.25, 0.3) is 5.91 Å². The SMILES string of the molecule is CCCc1sc(C(=O)Nc2ccc(NC(C)=O)c(C)c2)cc1CC. The Balaban J connectivity index is 2.14. The molecule has 4 nitrogen and oxygen atoms in total. The van der Waals surface area contributed by atoms with Crippen LogP contribution in [0.3, 0.4) is 0 Å². The normalized spacial score (nSPS) is 10.5. The van der Waals surface area contributed by atoms with Gasteiger partial charge in [-0.15, -0.1) is 11.3 Å². The van der Waals surface area contributed by atoms with E-state index >= 15 is 0 Å². The summed E-state index contributed by atoms with van der Waals surface area (Å²) in [5.41, 5.74) is 3.67. The first-order chi connectivity index (χ1) is 11.4. The lowest BCUT2D eigenvalue weighted by Crippen LogP contribution is -2.11. The van der Waals surface area contributed by atoms with E-state index in [1.807, 2.05) is 19.1 Å². The number of aryl methyl sites for hydroxylation is 3. The number of hydrogen-bond acceptors (Lipinski definition) is 3. The van der Waals surface area contributed by atoms with Crippen LogP contribution in [0.4, 0.5) is 11.4 Å². The van der Waals surface area contributed by atoms with E-state index in [0.29, 0.717) is 0 Å². The number of hydrogen-bond donors (Lipinski definition) is 2. The van der Waals surface area contributed by atoms with Gasteiger partial charge < -0.3 is 10.6 Å². The highest BCUT2D eigenvalue weighted by Crippen LogP contribution is 2.26. The number of benzene rings is 1. The van der Waals surface area contributed by atoms with Crippen LogP contribution >= 0.6 is 11.3 Å². The van der Waals surface area contributed by atoms with Crippen molar-refractivity contribution >= 4 is 34.5 Å². The topological polar surface area (TPSA) is 58.2 Å².